The molecule has 0 spiro atoms. The molecule has 7 heteroatoms. The van der Waals surface area contributed by atoms with Gasteiger partial charge in [-0.05, 0) is 108 Å². The number of Topliss-reactive ketones (excluding diaryl/α,β-unsaturated/α-hetero) is 1. The molecule has 0 heterocycles. The highest BCUT2D eigenvalue weighted by molar-refractivity contribution is 9.10. The monoisotopic (exact) mass is 594 g/mol. The minimum absolute atomic E-state index is 0.0129. The van der Waals surface area contributed by atoms with E-state index in [-0.39, 0.29) is 40.9 Å². The molecular formula is C32H23BrF4O2. The van der Waals surface area contributed by atoms with Gasteiger partial charge >= 0.3 is 0 Å². The third kappa shape index (κ3) is 4.51. The first kappa shape index (κ1) is 26.0. The van der Waals surface area contributed by atoms with Crippen LogP contribution < -0.4 is 0 Å². The average molecular weight is 595 g/mol. The van der Waals surface area contributed by atoms with Gasteiger partial charge in [0.25, 0.3) is 0 Å². The molecule has 39 heavy (non-hydrogen) atoms. The fourth-order valence-electron chi connectivity index (χ4n) is 6.30. The molecule has 0 aliphatic heterocycles. The van der Waals surface area contributed by atoms with E-state index >= 15 is 0 Å². The molecule has 0 saturated carbocycles. The summed E-state index contributed by atoms with van der Waals surface area (Å²) < 4.78 is 53.8. The van der Waals surface area contributed by atoms with Gasteiger partial charge in [-0.1, -0.05) is 40.2 Å². The lowest BCUT2D eigenvalue weighted by Crippen LogP contribution is -2.28. The third-order valence-electron chi connectivity index (χ3n) is 8.14. The van der Waals surface area contributed by atoms with E-state index in [0.29, 0.717) is 46.8 Å². The van der Waals surface area contributed by atoms with Gasteiger partial charge in [-0.15, -0.1) is 0 Å². The number of halogens is 5. The summed E-state index contributed by atoms with van der Waals surface area (Å²) in [6.45, 7) is 0. The summed E-state index contributed by atoms with van der Waals surface area (Å²) in [6.07, 6.45) is 2.55. The molecule has 2 nitrogen and oxygen atoms in total. The number of ketones is 1. The van der Waals surface area contributed by atoms with Crippen molar-refractivity contribution in [3.8, 4) is 0 Å². The zero-order chi connectivity index (χ0) is 27.5. The topological polar surface area (TPSA) is 37.3 Å². The number of benzene rings is 4. The van der Waals surface area contributed by atoms with Gasteiger partial charge in [0.05, 0.1) is 0 Å². The summed E-state index contributed by atoms with van der Waals surface area (Å²) in [5, 5.41) is 11.1. The Hall–Kier alpha value is -3.29. The first-order chi connectivity index (χ1) is 18.6. The molecule has 0 radical (unpaired) electrons. The molecule has 1 unspecified atom stereocenters. The molecule has 3 aliphatic rings. The van der Waals surface area contributed by atoms with Gasteiger partial charge in [-0.2, -0.15) is 0 Å². The standard InChI is InChI=1S/C16H11BrF2O.C16H12F2O/c17-15-8-13(19)4-2-10(15)6-11-5-9-1-3-12(18)7-14(9)16(11)20;17-12-3-1-9-5-11-6-10-2-4-13(18)8-15(10)16(11,19)14(9)7-12/h1-4,7-8,11H,5-6H2;1-4,7-8,11,19H,5-6H2. The zero-order valence-corrected chi connectivity index (χ0v) is 22.2. The van der Waals surface area contributed by atoms with Crippen molar-refractivity contribution in [2.75, 3.05) is 0 Å². The normalized spacial score (nSPS) is 22.1. The fourth-order valence-corrected chi connectivity index (χ4v) is 6.81. The Morgan fingerprint density at radius 3 is 1.82 bits per heavy atom. The highest BCUT2D eigenvalue weighted by atomic mass is 79.9. The van der Waals surface area contributed by atoms with E-state index in [1.807, 2.05) is 0 Å². The molecule has 7 rings (SSSR count). The maximum atomic E-state index is 13.5. The summed E-state index contributed by atoms with van der Waals surface area (Å²) in [7, 11) is 0. The SMILES string of the molecule is O=C1c2cc(F)ccc2CC1Cc1ccc(F)cc1Br.OC12c3cc(F)ccc3CC1Cc1ccc(F)cc12. The van der Waals surface area contributed by atoms with Crippen LogP contribution in [-0.2, 0) is 31.3 Å². The maximum absolute atomic E-state index is 13.5. The van der Waals surface area contributed by atoms with Gasteiger partial charge < -0.3 is 5.11 Å². The van der Waals surface area contributed by atoms with Crippen molar-refractivity contribution in [1.29, 1.82) is 0 Å². The Kier molecular flexibility index (Phi) is 6.47. The summed E-state index contributed by atoms with van der Waals surface area (Å²) in [6, 6.07) is 17.8. The van der Waals surface area contributed by atoms with E-state index in [0.717, 1.165) is 22.3 Å². The average Bonchev–Trinajstić information content (AvgIpc) is 3.46. The molecule has 198 valence electrons. The number of aliphatic hydroxyl groups is 1. The van der Waals surface area contributed by atoms with E-state index in [9.17, 15) is 27.5 Å². The summed E-state index contributed by atoms with van der Waals surface area (Å²) in [5.41, 5.74) is 4.15. The van der Waals surface area contributed by atoms with E-state index < -0.39 is 5.60 Å². The minimum atomic E-state index is -1.23. The van der Waals surface area contributed by atoms with Crippen LogP contribution in [0.4, 0.5) is 17.6 Å². The second-order valence-corrected chi connectivity index (χ2v) is 11.3. The number of hydrogen-bond acceptors (Lipinski definition) is 2. The Balaban J connectivity index is 0.000000142. The Labute approximate surface area is 231 Å². The van der Waals surface area contributed by atoms with Crippen LogP contribution in [0.2, 0.25) is 0 Å². The van der Waals surface area contributed by atoms with E-state index in [4.69, 9.17) is 0 Å². The highest BCUT2D eigenvalue weighted by Gasteiger charge is 2.52. The van der Waals surface area contributed by atoms with Gasteiger partial charge in [-0.3, -0.25) is 4.79 Å². The van der Waals surface area contributed by atoms with Gasteiger partial charge in [0.2, 0.25) is 0 Å². The molecule has 0 fully saturated rings. The molecule has 0 saturated heterocycles. The lowest BCUT2D eigenvalue weighted by atomic mass is 9.86. The van der Waals surface area contributed by atoms with Crippen molar-refractivity contribution in [2.45, 2.75) is 31.3 Å². The van der Waals surface area contributed by atoms with Crippen molar-refractivity contribution in [3.05, 3.63) is 139 Å². The number of carbonyl (C=O) groups is 1. The van der Waals surface area contributed by atoms with Crippen LogP contribution in [0, 0.1) is 35.1 Å². The minimum Gasteiger partial charge on any atom is -0.380 e. The van der Waals surface area contributed by atoms with E-state index in [1.165, 1.54) is 48.5 Å². The highest BCUT2D eigenvalue weighted by Crippen LogP contribution is 2.53. The van der Waals surface area contributed by atoms with Crippen molar-refractivity contribution in [3.63, 3.8) is 0 Å². The van der Waals surface area contributed by atoms with Crippen LogP contribution in [0.5, 0.6) is 0 Å². The van der Waals surface area contributed by atoms with Gasteiger partial charge in [-0.25, -0.2) is 17.6 Å². The number of fused-ring (bicyclic) bond motifs is 6. The number of carbonyl (C=O) groups excluding carboxylic acids is 1. The van der Waals surface area contributed by atoms with Crippen LogP contribution in [0.3, 0.4) is 0 Å². The second-order valence-electron chi connectivity index (χ2n) is 10.5. The largest absolute Gasteiger partial charge is 0.380 e. The Morgan fingerprint density at radius 2 is 1.23 bits per heavy atom. The van der Waals surface area contributed by atoms with Crippen LogP contribution in [0.1, 0.15) is 43.7 Å². The molecule has 0 aromatic heterocycles. The van der Waals surface area contributed by atoms with E-state index in [2.05, 4.69) is 15.9 Å². The quantitative estimate of drug-likeness (QED) is 0.248. The van der Waals surface area contributed by atoms with Crippen LogP contribution >= 0.6 is 15.9 Å². The summed E-state index contributed by atoms with van der Waals surface area (Å²) >= 11 is 3.31. The molecule has 4 aromatic rings. The van der Waals surface area contributed by atoms with Crippen LogP contribution in [-0.4, -0.2) is 10.9 Å². The molecule has 1 N–H and O–H groups in total. The third-order valence-corrected chi connectivity index (χ3v) is 8.88. The number of rotatable bonds is 2. The maximum Gasteiger partial charge on any atom is 0.166 e. The lowest BCUT2D eigenvalue weighted by molar-refractivity contribution is 0.0437. The molecule has 0 bridgehead atoms. The Bertz CT molecular complexity index is 1580. The Morgan fingerprint density at radius 1 is 0.718 bits per heavy atom. The molecule has 3 aliphatic carbocycles. The second kappa shape index (κ2) is 9.72. The van der Waals surface area contributed by atoms with Crippen molar-refractivity contribution < 1.29 is 27.5 Å². The fraction of sp³-hybridized carbons (Fsp3) is 0.219. The smallest absolute Gasteiger partial charge is 0.166 e. The summed E-state index contributed by atoms with van der Waals surface area (Å²) in [4.78, 5) is 12.3. The van der Waals surface area contributed by atoms with Crippen LogP contribution in [0.15, 0.2) is 77.3 Å². The van der Waals surface area contributed by atoms with Gasteiger partial charge in [0, 0.05) is 21.9 Å². The first-order valence-electron chi connectivity index (χ1n) is 12.7. The summed E-state index contributed by atoms with van der Waals surface area (Å²) in [5.74, 6) is -1.68. The number of hydrogen-bond donors (Lipinski definition) is 1. The van der Waals surface area contributed by atoms with Crippen LogP contribution in [0.25, 0.3) is 0 Å². The van der Waals surface area contributed by atoms with Gasteiger partial charge in [0.15, 0.2) is 5.78 Å². The molecule has 0 amide bonds. The molecule has 1 atom stereocenters. The first-order valence-corrected chi connectivity index (χ1v) is 13.5. The predicted molar refractivity (Wildman–Crippen MR) is 142 cm³/mol. The van der Waals surface area contributed by atoms with Crippen molar-refractivity contribution >= 4 is 21.7 Å². The lowest BCUT2D eigenvalue weighted by Gasteiger charge is -2.25. The molecule has 4 aromatic carbocycles. The molecular weight excluding hydrogens is 572 g/mol. The predicted octanol–water partition coefficient (Wildman–Crippen LogP) is 7.25. The van der Waals surface area contributed by atoms with E-state index in [1.54, 1.807) is 24.3 Å². The van der Waals surface area contributed by atoms with Crippen molar-refractivity contribution in [1.82, 2.24) is 0 Å². The van der Waals surface area contributed by atoms with Crippen molar-refractivity contribution in [2.24, 2.45) is 11.8 Å². The zero-order valence-electron chi connectivity index (χ0n) is 20.7. The van der Waals surface area contributed by atoms with Gasteiger partial charge in [0.1, 0.15) is 28.9 Å².